The fourth-order valence-corrected chi connectivity index (χ4v) is 3.79. The monoisotopic (exact) mass is 369 g/mol. The van der Waals surface area contributed by atoms with Crippen LogP contribution in [0.1, 0.15) is 27.7 Å². The lowest BCUT2D eigenvalue weighted by Crippen LogP contribution is -2.14. The van der Waals surface area contributed by atoms with Crippen molar-refractivity contribution in [3.8, 4) is 5.75 Å². The Balaban J connectivity index is 2.09. The van der Waals surface area contributed by atoms with Crippen LogP contribution >= 0.6 is 27.3 Å². The summed E-state index contributed by atoms with van der Waals surface area (Å²) in [6.07, 6.45) is 0. The average molecular weight is 370 g/mol. The minimum Gasteiger partial charge on any atom is -0.491 e. The Hall–Kier alpha value is -1.37. The Kier molecular flexibility index (Phi) is 5.78. The molecule has 0 radical (unpaired) electrons. The summed E-state index contributed by atoms with van der Waals surface area (Å²) in [6, 6.07) is 9.99. The SMILES string of the molecule is CCOc1c(Br)sc(CNCc2ccccc2)c1C(=O)O. The highest BCUT2D eigenvalue weighted by Crippen LogP contribution is 2.39. The fourth-order valence-electron chi connectivity index (χ4n) is 1.96. The maximum Gasteiger partial charge on any atom is 0.340 e. The van der Waals surface area contributed by atoms with Gasteiger partial charge in [-0.2, -0.15) is 0 Å². The number of nitrogens with one attached hydrogen (secondary N) is 1. The molecule has 112 valence electrons. The molecule has 0 aliphatic heterocycles. The third-order valence-electron chi connectivity index (χ3n) is 2.86. The van der Waals surface area contributed by atoms with Crippen molar-refractivity contribution in [1.82, 2.24) is 5.32 Å². The summed E-state index contributed by atoms with van der Waals surface area (Å²) in [5, 5.41) is 12.6. The molecule has 0 bridgehead atoms. The van der Waals surface area contributed by atoms with E-state index in [2.05, 4.69) is 21.2 Å². The van der Waals surface area contributed by atoms with Gasteiger partial charge >= 0.3 is 5.97 Å². The largest absolute Gasteiger partial charge is 0.491 e. The number of carbonyl (C=O) groups is 1. The van der Waals surface area contributed by atoms with Gasteiger partial charge in [-0.15, -0.1) is 11.3 Å². The number of rotatable bonds is 7. The number of thiophene rings is 1. The van der Waals surface area contributed by atoms with Gasteiger partial charge in [-0.1, -0.05) is 30.3 Å². The lowest BCUT2D eigenvalue weighted by Gasteiger charge is -2.06. The zero-order valence-electron chi connectivity index (χ0n) is 11.6. The van der Waals surface area contributed by atoms with E-state index in [1.807, 2.05) is 37.3 Å². The van der Waals surface area contributed by atoms with Crippen molar-refractivity contribution in [3.63, 3.8) is 0 Å². The maximum absolute atomic E-state index is 11.4. The van der Waals surface area contributed by atoms with Crippen molar-refractivity contribution in [1.29, 1.82) is 0 Å². The van der Waals surface area contributed by atoms with Crippen LogP contribution in [-0.2, 0) is 13.1 Å². The van der Waals surface area contributed by atoms with E-state index >= 15 is 0 Å². The highest BCUT2D eigenvalue weighted by molar-refractivity contribution is 9.11. The van der Waals surface area contributed by atoms with Gasteiger partial charge in [0.25, 0.3) is 0 Å². The van der Waals surface area contributed by atoms with Crippen molar-refractivity contribution < 1.29 is 14.6 Å². The topological polar surface area (TPSA) is 58.6 Å². The molecule has 0 amide bonds. The predicted molar refractivity (Wildman–Crippen MR) is 87.1 cm³/mol. The lowest BCUT2D eigenvalue weighted by atomic mass is 10.2. The first kappa shape index (κ1) is 16.0. The van der Waals surface area contributed by atoms with Gasteiger partial charge in [0.2, 0.25) is 0 Å². The Labute approximate surface area is 135 Å². The van der Waals surface area contributed by atoms with Crippen molar-refractivity contribution in [2.75, 3.05) is 6.61 Å². The normalized spacial score (nSPS) is 10.6. The van der Waals surface area contributed by atoms with Gasteiger partial charge in [0, 0.05) is 18.0 Å². The lowest BCUT2D eigenvalue weighted by molar-refractivity contribution is 0.0692. The van der Waals surface area contributed by atoms with Crippen LogP contribution < -0.4 is 10.1 Å². The minimum absolute atomic E-state index is 0.245. The molecule has 1 aromatic carbocycles. The standard InChI is InChI=1S/C15H16BrNO3S/c1-2-20-13-12(15(18)19)11(21-14(13)16)9-17-8-10-6-4-3-5-7-10/h3-7,17H,2,8-9H2,1H3,(H,18,19). The Morgan fingerprint density at radius 2 is 2.05 bits per heavy atom. The third-order valence-corrected chi connectivity index (χ3v) is 4.66. The molecule has 4 nitrogen and oxygen atoms in total. The van der Waals surface area contributed by atoms with Gasteiger partial charge in [0.05, 0.1) is 6.61 Å². The molecule has 0 fully saturated rings. The van der Waals surface area contributed by atoms with E-state index in [0.29, 0.717) is 25.4 Å². The molecule has 0 atom stereocenters. The molecule has 0 unspecified atom stereocenters. The van der Waals surface area contributed by atoms with Gasteiger partial charge in [-0.05, 0) is 28.4 Å². The number of benzene rings is 1. The van der Waals surface area contributed by atoms with Gasteiger partial charge in [0.15, 0.2) is 5.75 Å². The zero-order valence-corrected chi connectivity index (χ0v) is 14.0. The quantitative estimate of drug-likeness (QED) is 0.776. The van der Waals surface area contributed by atoms with E-state index in [0.717, 1.165) is 14.2 Å². The second-order valence-corrected chi connectivity index (χ2v) is 6.75. The summed E-state index contributed by atoms with van der Waals surface area (Å²) < 4.78 is 6.15. The smallest absolute Gasteiger partial charge is 0.340 e. The highest BCUT2D eigenvalue weighted by atomic mass is 79.9. The summed E-state index contributed by atoms with van der Waals surface area (Å²) in [4.78, 5) is 12.2. The van der Waals surface area contributed by atoms with Gasteiger partial charge in [-0.3, -0.25) is 0 Å². The van der Waals surface area contributed by atoms with Crippen LogP contribution in [-0.4, -0.2) is 17.7 Å². The van der Waals surface area contributed by atoms with E-state index in [1.165, 1.54) is 11.3 Å². The van der Waals surface area contributed by atoms with E-state index in [-0.39, 0.29) is 5.56 Å². The van der Waals surface area contributed by atoms with Crippen LogP contribution in [0.2, 0.25) is 0 Å². The van der Waals surface area contributed by atoms with E-state index < -0.39 is 5.97 Å². The van der Waals surface area contributed by atoms with Crippen LogP contribution in [0.15, 0.2) is 34.1 Å². The number of ether oxygens (including phenoxy) is 1. The minimum atomic E-state index is -0.961. The molecule has 0 saturated heterocycles. The van der Waals surface area contributed by atoms with Crippen molar-refractivity contribution in [3.05, 3.63) is 50.1 Å². The summed E-state index contributed by atoms with van der Waals surface area (Å²) >= 11 is 4.77. The first-order valence-corrected chi connectivity index (χ1v) is 8.16. The third kappa shape index (κ3) is 4.06. The molecule has 1 aromatic heterocycles. The molecule has 0 spiro atoms. The second kappa shape index (κ2) is 7.59. The molecule has 1 heterocycles. The second-order valence-electron chi connectivity index (χ2n) is 4.33. The molecule has 0 aliphatic rings. The first-order chi connectivity index (χ1) is 10.1. The molecule has 21 heavy (non-hydrogen) atoms. The number of carboxylic acid groups (broad SMARTS) is 1. The Morgan fingerprint density at radius 3 is 2.67 bits per heavy atom. The van der Waals surface area contributed by atoms with Crippen molar-refractivity contribution in [2.45, 2.75) is 20.0 Å². The first-order valence-electron chi connectivity index (χ1n) is 6.55. The Morgan fingerprint density at radius 1 is 1.33 bits per heavy atom. The molecule has 2 aromatic rings. The van der Waals surface area contributed by atoms with Crippen LogP contribution in [0.4, 0.5) is 0 Å². The molecular formula is C15H16BrNO3S. The molecule has 2 rings (SSSR count). The van der Waals surface area contributed by atoms with Crippen molar-refractivity contribution >= 4 is 33.2 Å². The van der Waals surface area contributed by atoms with Gasteiger partial charge < -0.3 is 15.2 Å². The fraction of sp³-hybridized carbons (Fsp3) is 0.267. The molecule has 0 aliphatic carbocycles. The summed E-state index contributed by atoms with van der Waals surface area (Å²) in [5.74, 6) is -0.538. The highest BCUT2D eigenvalue weighted by Gasteiger charge is 2.23. The molecule has 2 N–H and O–H groups in total. The molecule has 6 heteroatoms. The molecular weight excluding hydrogens is 354 g/mol. The van der Waals surface area contributed by atoms with Gasteiger partial charge in [-0.25, -0.2) is 4.79 Å². The average Bonchev–Trinajstić information content (AvgIpc) is 2.77. The van der Waals surface area contributed by atoms with E-state index in [9.17, 15) is 9.90 Å². The number of halogens is 1. The number of carboxylic acids is 1. The Bertz CT molecular complexity index is 613. The van der Waals surface area contributed by atoms with E-state index in [4.69, 9.17) is 4.74 Å². The van der Waals surface area contributed by atoms with Crippen LogP contribution in [0, 0.1) is 0 Å². The van der Waals surface area contributed by atoms with Crippen LogP contribution in [0.5, 0.6) is 5.75 Å². The van der Waals surface area contributed by atoms with E-state index in [1.54, 1.807) is 0 Å². The van der Waals surface area contributed by atoms with Crippen molar-refractivity contribution in [2.24, 2.45) is 0 Å². The van der Waals surface area contributed by atoms with Gasteiger partial charge in [0.1, 0.15) is 9.35 Å². The zero-order chi connectivity index (χ0) is 15.2. The molecule has 0 saturated carbocycles. The number of aromatic carboxylic acids is 1. The maximum atomic E-state index is 11.4. The summed E-state index contributed by atoms with van der Waals surface area (Å²) in [7, 11) is 0. The number of hydrogen-bond acceptors (Lipinski definition) is 4. The van der Waals surface area contributed by atoms with Crippen LogP contribution in [0.3, 0.4) is 0 Å². The summed E-state index contributed by atoms with van der Waals surface area (Å²) in [5.41, 5.74) is 1.41. The predicted octanol–water partition coefficient (Wildman–Crippen LogP) is 3.90. The van der Waals surface area contributed by atoms with Crippen LogP contribution in [0.25, 0.3) is 0 Å². The summed E-state index contributed by atoms with van der Waals surface area (Å²) in [6.45, 7) is 3.46. The number of hydrogen-bond donors (Lipinski definition) is 2.